The van der Waals surface area contributed by atoms with E-state index in [2.05, 4.69) is 5.32 Å². The van der Waals surface area contributed by atoms with Crippen LogP contribution in [0.3, 0.4) is 0 Å². The van der Waals surface area contributed by atoms with Gasteiger partial charge in [-0.25, -0.2) is 8.42 Å². The third-order valence-electron chi connectivity index (χ3n) is 5.72. The average Bonchev–Trinajstić information content (AvgIpc) is 2.67. The molecule has 8 heteroatoms. The summed E-state index contributed by atoms with van der Waals surface area (Å²) in [5, 5.41) is 1.83. The molecule has 1 aliphatic heterocycles. The molecule has 1 fully saturated rings. The molecule has 0 aromatic heterocycles. The summed E-state index contributed by atoms with van der Waals surface area (Å²) in [6.07, 6.45) is 5.33. The zero-order valence-corrected chi connectivity index (χ0v) is 17.5. The maximum absolute atomic E-state index is 13.1. The summed E-state index contributed by atoms with van der Waals surface area (Å²) in [7, 11) is -1.94. The fourth-order valence-electron chi connectivity index (χ4n) is 3.91. The van der Waals surface area contributed by atoms with Crippen molar-refractivity contribution in [2.75, 3.05) is 19.0 Å². The lowest BCUT2D eigenvalue weighted by molar-refractivity contribution is -0.132. The van der Waals surface area contributed by atoms with Crippen LogP contribution in [0.1, 0.15) is 51.0 Å². The van der Waals surface area contributed by atoms with Gasteiger partial charge in [0, 0.05) is 25.6 Å². The minimum absolute atomic E-state index is 0.0521. The van der Waals surface area contributed by atoms with Crippen molar-refractivity contribution in [3.05, 3.63) is 17.7 Å². The van der Waals surface area contributed by atoms with Gasteiger partial charge in [0.05, 0.1) is 15.8 Å². The van der Waals surface area contributed by atoms with Crippen molar-refractivity contribution in [1.82, 2.24) is 4.90 Å². The van der Waals surface area contributed by atoms with E-state index in [4.69, 9.17) is 4.74 Å². The van der Waals surface area contributed by atoms with Crippen molar-refractivity contribution in [1.29, 1.82) is 0 Å². The number of anilines is 1. The zero-order chi connectivity index (χ0) is 20.5. The Bertz CT molecular complexity index is 875. The van der Waals surface area contributed by atoms with Gasteiger partial charge in [0.25, 0.3) is 5.91 Å². The minimum atomic E-state index is -3.72. The number of ether oxygens (including phenoxy) is 1. The van der Waals surface area contributed by atoms with Crippen LogP contribution in [0.25, 0.3) is 0 Å². The summed E-state index contributed by atoms with van der Waals surface area (Å²) in [6, 6.07) is 3.26. The van der Waals surface area contributed by atoms with Gasteiger partial charge >= 0.3 is 0 Å². The Morgan fingerprint density at radius 2 is 1.96 bits per heavy atom. The molecular formula is C20H28N2O5S. The number of rotatable bonds is 5. The number of aryl methyl sites for hydroxylation is 1. The fourth-order valence-corrected chi connectivity index (χ4v) is 5.49. The summed E-state index contributed by atoms with van der Waals surface area (Å²) in [6.45, 7) is 3.11. The maximum atomic E-state index is 13.1. The van der Waals surface area contributed by atoms with Crippen molar-refractivity contribution in [3.63, 3.8) is 0 Å². The highest BCUT2D eigenvalue weighted by molar-refractivity contribution is 7.92. The van der Waals surface area contributed by atoms with Gasteiger partial charge in [-0.1, -0.05) is 19.3 Å². The van der Waals surface area contributed by atoms with Crippen molar-refractivity contribution in [3.8, 4) is 5.75 Å². The first-order valence-electron chi connectivity index (χ1n) is 9.77. The molecule has 1 heterocycles. The molecular weight excluding hydrogens is 380 g/mol. The Morgan fingerprint density at radius 1 is 1.29 bits per heavy atom. The summed E-state index contributed by atoms with van der Waals surface area (Å²) in [4.78, 5) is 26.0. The van der Waals surface area contributed by atoms with Crippen molar-refractivity contribution < 1.29 is 22.7 Å². The molecule has 7 nitrogen and oxygen atoms in total. The van der Waals surface area contributed by atoms with Gasteiger partial charge < -0.3 is 15.0 Å². The Morgan fingerprint density at radius 3 is 2.64 bits per heavy atom. The van der Waals surface area contributed by atoms with E-state index in [0.717, 1.165) is 25.7 Å². The summed E-state index contributed by atoms with van der Waals surface area (Å²) in [5.41, 5.74) is 0.984. The predicted molar refractivity (Wildman–Crippen MR) is 106 cm³/mol. The van der Waals surface area contributed by atoms with Crippen LogP contribution in [0.5, 0.6) is 5.75 Å². The number of nitrogens with one attached hydrogen (secondary N) is 1. The molecule has 1 N–H and O–H groups in total. The Labute approximate surface area is 166 Å². The summed E-state index contributed by atoms with van der Waals surface area (Å²) in [5.74, 6) is -0.0732. The first-order chi connectivity index (χ1) is 13.2. The van der Waals surface area contributed by atoms with Gasteiger partial charge in [-0.2, -0.15) is 0 Å². The van der Waals surface area contributed by atoms with Crippen LogP contribution in [0.4, 0.5) is 5.69 Å². The van der Waals surface area contributed by atoms with Crippen LogP contribution in [0.15, 0.2) is 17.0 Å². The van der Waals surface area contributed by atoms with E-state index in [-0.39, 0.29) is 35.8 Å². The number of hydrogen-bond donors (Lipinski definition) is 1. The van der Waals surface area contributed by atoms with Crippen LogP contribution < -0.4 is 10.1 Å². The number of carbonyl (C=O) groups excluding carboxylic acids is 2. The number of fused-ring (bicyclic) bond motifs is 1. The molecule has 1 aliphatic carbocycles. The first-order valence-corrected chi connectivity index (χ1v) is 11.3. The zero-order valence-electron chi connectivity index (χ0n) is 16.7. The molecule has 1 aromatic carbocycles. The molecule has 3 rings (SSSR count). The molecule has 0 spiro atoms. The van der Waals surface area contributed by atoms with Gasteiger partial charge in [-0.3, -0.25) is 9.59 Å². The Hall–Kier alpha value is -2.09. The molecule has 1 atom stereocenters. The lowest BCUT2D eigenvalue weighted by Crippen LogP contribution is -2.40. The van der Waals surface area contributed by atoms with E-state index in [9.17, 15) is 18.0 Å². The second-order valence-electron chi connectivity index (χ2n) is 7.81. The number of nitrogens with zero attached hydrogens (tertiary/aromatic N) is 1. The van der Waals surface area contributed by atoms with E-state index >= 15 is 0 Å². The average molecular weight is 409 g/mol. The number of benzene rings is 1. The number of carbonyl (C=O) groups is 2. The maximum Gasteiger partial charge on any atom is 0.262 e. The normalized spacial score (nSPS) is 18.6. The molecule has 154 valence electrons. The van der Waals surface area contributed by atoms with Crippen molar-refractivity contribution >= 4 is 27.3 Å². The SMILES string of the molecule is Cc1cc2c(cc1S(=O)(=O)[C@H](C)CC(=O)N(C)C1CCCCC1)OCC(=O)N2. The second-order valence-corrected chi connectivity index (χ2v) is 10.1. The minimum Gasteiger partial charge on any atom is -0.482 e. The topological polar surface area (TPSA) is 92.8 Å². The third-order valence-corrected chi connectivity index (χ3v) is 8.00. The predicted octanol–water partition coefficient (Wildman–Crippen LogP) is 2.67. The molecule has 2 aliphatic rings. The van der Waals surface area contributed by atoms with E-state index in [1.54, 1.807) is 31.9 Å². The van der Waals surface area contributed by atoms with Gasteiger partial charge in [0.1, 0.15) is 5.75 Å². The largest absolute Gasteiger partial charge is 0.482 e. The van der Waals surface area contributed by atoms with Crippen LogP contribution in [-0.4, -0.2) is 50.1 Å². The van der Waals surface area contributed by atoms with Gasteiger partial charge in [0.2, 0.25) is 5.91 Å². The van der Waals surface area contributed by atoms with E-state index < -0.39 is 15.1 Å². The van der Waals surface area contributed by atoms with E-state index in [1.165, 1.54) is 12.5 Å². The highest BCUT2D eigenvalue weighted by Crippen LogP contribution is 2.34. The quantitative estimate of drug-likeness (QED) is 0.809. The van der Waals surface area contributed by atoms with Crippen molar-refractivity contribution in [2.45, 2.75) is 68.6 Å². The van der Waals surface area contributed by atoms with Crippen LogP contribution >= 0.6 is 0 Å². The molecule has 0 saturated heterocycles. The van der Waals surface area contributed by atoms with Crippen LogP contribution in [-0.2, 0) is 19.4 Å². The second kappa shape index (κ2) is 8.11. The van der Waals surface area contributed by atoms with Gasteiger partial charge in [-0.15, -0.1) is 0 Å². The summed E-state index contributed by atoms with van der Waals surface area (Å²) >= 11 is 0. The first kappa shape index (κ1) is 20.6. The van der Waals surface area contributed by atoms with Gasteiger partial charge in [-0.05, 0) is 38.3 Å². The highest BCUT2D eigenvalue weighted by Gasteiger charge is 2.31. The lowest BCUT2D eigenvalue weighted by atomic mass is 9.94. The Balaban J connectivity index is 1.76. The number of amides is 2. The summed E-state index contributed by atoms with van der Waals surface area (Å²) < 4.78 is 31.6. The Kier molecular flexibility index (Phi) is 5.98. The van der Waals surface area contributed by atoms with E-state index in [0.29, 0.717) is 17.0 Å². The number of sulfone groups is 1. The van der Waals surface area contributed by atoms with Crippen LogP contribution in [0.2, 0.25) is 0 Å². The molecule has 28 heavy (non-hydrogen) atoms. The van der Waals surface area contributed by atoms with Crippen molar-refractivity contribution in [2.24, 2.45) is 0 Å². The number of hydrogen-bond acceptors (Lipinski definition) is 5. The molecule has 0 radical (unpaired) electrons. The highest BCUT2D eigenvalue weighted by atomic mass is 32.2. The molecule has 0 bridgehead atoms. The van der Waals surface area contributed by atoms with Crippen LogP contribution in [0, 0.1) is 6.92 Å². The molecule has 1 aromatic rings. The molecule has 1 saturated carbocycles. The molecule has 0 unspecified atom stereocenters. The monoisotopic (exact) mass is 408 g/mol. The molecule has 2 amide bonds. The third kappa shape index (κ3) is 4.16. The van der Waals surface area contributed by atoms with Gasteiger partial charge in [0.15, 0.2) is 16.4 Å². The lowest BCUT2D eigenvalue weighted by Gasteiger charge is -2.32. The standard InChI is InChI=1S/C20H28N2O5S/c1-13-9-16-17(27-12-19(23)21-16)11-18(13)28(25,26)14(2)10-20(24)22(3)15-7-5-4-6-8-15/h9,11,14-15H,4-8,10,12H2,1-3H3,(H,21,23)/t14-/m1/s1. The fraction of sp³-hybridized carbons (Fsp3) is 0.600. The smallest absolute Gasteiger partial charge is 0.262 e. The van der Waals surface area contributed by atoms with E-state index in [1.807, 2.05) is 0 Å².